The second-order valence-corrected chi connectivity index (χ2v) is 4.38. The minimum absolute atomic E-state index is 0.233. The highest BCUT2D eigenvalue weighted by Crippen LogP contribution is 2.38. The Balaban J connectivity index is 3.25. The molecule has 0 aromatic heterocycles. The lowest BCUT2D eigenvalue weighted by Crippen LogP contribution is -2.22. The summed E-state index contributed by atoms with van der Waals surface area (Å²) in [6, 6.07) is 2.17. The first-order valence-electron chi connectivity index (χ1n) is 4.58. The standard InChI is InChI=1S/C10H7BrF6O/c11-7-2-1-5(8(18)10(15,16)17)3-6(7)9(13,14)4-12/h1-3,8,18H,4H2. The molecule has 0 amide bonds. The van der Waals surface area contributed by atoms with Crippen LogP contribution in [-0.4, -0.2) is 18.0 Å². The van der Waals surface area contributed by atoms with E-state index in [4.69, 9.17) is 5.11 Å². The van der Waals surface area contributed by atoms with Crippen LogP contribution in [0.1, 0.15) is 17.2 Å². The van der Waals surface area contributed by atoms with Crippen molar-refractivity contribution >= 4 is 15.9 Å². The normalized spacial score (nSPS) is 14.7. The molecule has 1 rings (SSSR count). The number of hydrogen-bond acceptors (Lipinski definition) is 1. The third-order valence-corrected chi connectivity index (χ3v) is 2.87. The quantitative estimate of drug-likeness (QED) is 0.824. The number of alkyl halides is 6. The van der Waals surface area contributed by atoms with E-state index in [0.717, 1.165) is 12.1 Å². The molecule has 0 spiro atoms. The fourth-order valence-corrected chi connectivity index (χ4v) is 1.79. The predicted molar refractivity (Wildman–Crippen MR) is 55.0 cm³/mol. The lowest BCUT2D eigenvalue weighted by Gasteiger charge is -2.19. The Kier molecular flexibility index (Phi) is 4.32. The van der Waals surface area contributed by atoms with Crippen molar-refractivity contribution in [3.8, 4) is 0 Å². The first kappa shape index (κ1) is 15.3. The average Bonchev–Trinajstić information content (AvgIpc) is 2.27. The summed E-state index contributed by atoms with van der Waals surface area (Å²) >= 11 is 2.70. The molecule has 1 N–H and O–H groups in total. The van der Waals surface area contributed by atoms with Crippen molar-refractivity contribution in [2.24, 2.45) is 0 Å². The summed E-state index contributed by atoms with van der Waals surface area (Å²) in [5.41, 5.74) is -1.71. The minimum atomic E-state index is -4.98. The molecule has 1 unspecified atom stereocenters. The van der Waals surface area contributed by atoms with Gasteiger partial charge in [0.05, 0.1) is 0 Å². The SMILES string of the molecule is OC(c1ccc(Br)c(C(F)(F)CF)c1)C(F)(F)F. The number of rotatable bonds is 3. The maximum absolute atomic E-state index is 13.1. The van der Waals surface area contributed by atoms with E-state index in [1.807, 2.05) is 0 Å². The summed E-state index contributed by atoms with van der Waals surface area (Å²) in [5.74, 6) is -3.92. The van der Waals surface area contributed by atoms with E-state index in [9.17, 15) is 26.3 Å². The van der Waals surface area contributed by atoms with Crippen LogP contribution in [0.25, 0.3) is 0 Å². The van der Waals surface area contributed by atoms with Crippen LogP contribution >= 0.6 is 15.9 Å². The number of aliphatic hydroxyl groups excluding tert-OH is 1. The van der Waals surface area contributed by atoms with Gasteiger partial charge in [-0.05, 0) is 17.7 Å². The highest BCUT2D eigenvalue weighted by molar-refractivity contribution is 9.10. The molecule has 0 bridgehead atoms. The van der Waals surface area contributed by atoms with Gasteiger partial charge in [0.1, 0.15) is 0 Å². The van der Waals surface area contributed by atoms with Gasteiger partial charge in [0.15, 0.2) is 12.8 Å². The van der Waals surface area contributed by atoms with Crippen LogP contribution in [0.4, 0.5) is 26.3 Å². The first-order valence-corrected chi connectivity index (χ1v) is 5.37. The van der Waals surface area contributed by atoms with Crippen molar-refractivity contribution in [3.05, 3.63) is 33.8 Å². The fourth-order valence-electron chi connectivity index (χ4n) is 1.25. The van der Waals surface area contributed by atoms with Crippen LogP contribution in [-0.2, 0) is 5.92 Å². The Morgan fingerprint density at radius 3 is 2.17 bits per heavy atom. The van der Waals surface area contributed by atoms with E-state index >= 15 is 0 Å². The molecule has 0 heterocycles. The van der Waals surface area contributed by atoms with Crippen LogP contribution in [0.5, 0.6) is 0 Å². The van der Waals surface area contributed by atoms with Gasteiger partial charge in [-0.25, -0.2) is 4.39 Å². The zero-order valence-electron chi connectivity index (χ0n) is 8.61. The van der Waals surface area contributed by atoms with Crippen molar-refractivity contribution in [3.63, 3.8) is 0 Å². The van der Waals surface area contributed by atoms with Gasteiger partial charge in [-0.2, -0.15) is 22.0 Å². The van der Waals surface area contributed by atoms with Gasteiger partial charge in [0.2, 0.25) is 0 Å². The number of aliphatic hydroxyl groups is 1. The number of benzene rings is 1. The fraction of sp³-hybridized carbons (Fsp3) is 0.400. The van der Waals surface area contributed by atoms with E-state index in [2.05, 4.69) is 15.9 Å². The third kappa shape index (κ3) is 3.17. The summed E-state index contributed by atoms with van der Waals surface area (Å²) in [4.78, 5) is 0. The molecule has 1 aromatic carbocycles. The van der Waals surface area contributed by atoms with Gasteiger partial charge in [-0.1, -0.05) is 22.0 Å². The smallest absolute Gasteiger partial charge is 0.379 e. The van der Waals surface area contributed by atoms with Crippen LogP contribution < -0.4 is 0 Å². The molecule has 1 aromatic rings. The van der Waals surface area contributed by atoms with E-state index < -0.39 is 36.0 Å². The third-order valence-electron chi connectivity index (χ3n) is 2.18. The molecule has 0 aliphatic heterocycles. The second-order valence-electron chi connectivity index (χ2n) is 3.52. The van der Waals surface area contributed by atoms with Gasteiger partial charge in [-0.15, -0.1) is 0 Å². The summed E-state index contributed by atoms with van der Waals surface area (Å²) < 4.78 is 74.8. The molecular weight excluding hydrogens is 330 g/mol. The van der Waals surface area contributed by atoms with Gasteiger partial charge in [0.25, 0.3) is 0 Å². The molecule has 0 aliphatic carbocycles. The summed E-state index contributed by atoms with van der Waals surface area (Å²) in [7, 11) is 0. The topological polar surface area (TPSA) is 20.2 Å². The maximum Gasteiger partial charge on any atom is 0.418 e. The van der Waals surface area contributed by atoms with E-state index in [1.54, 1.807) is 0 Å². The van der Waals surface area contributed by atoms with Crippen molar-refractivity contribution in [1.29, 1.82) is 0 Å². The van der Waals surface area contributed by atoms with Gasteiger partial charge < -0.3 is 5.11 Å². The van der Waals surface area contributed by atoms with Crippen molar-refractivity contribution in [2.75, 3.05) is 6.67 Å². The molecule has 1 atom stereocenters. The lowest BCUT2D eigenvalue weighted by atomic mass is 10.0. The van der Waals surface area contributed by atoms with Gasteiger partial charge in [0, 0.05) is 10.0 Å². The zero-order chi connectivity index (χ0) is 14.1. The monoisotopic (exact) mass is 336 g/mol. The molecule has 0 saturated heterocycles. The summed E-state index contributed by atoms with van der Waals surface area (Å²) in [6.45, 7) is -2.04. The van der Waals surface area contributed by atoms with E-state index in [1.165, 1.54) is 0 Å². The highest BCUT2D eigenvalue weighted by Gasteiger charge is 2.41. The largest absolute Gasteiger partial charge is 0.418 e. The van der Waals surface area contributed by atoms with Gasteiger partial charge >= 0.3 is 12.1 Å². The summed E-state index contributed by atoms with van der Waals surface area (Å²) in [5, 5.41) is 8.93. The molecule has 1 nitrogen and oxygen atoms in total. The number of hydrogen-bond donors (Lipinski definition) is 1. The molecule has 0 radical (unpaired) electrons. The van der Waals surface area contributed by atoms with Crippen LogP contribution in [0, 0.1) is 0 Å². The maximum atomic E-state index is 13.1. The molecule has 0 aliphatic rings. The predicted octanol–water partition coefficient (Wildman–Crippen LogP) is 4.11. The molecule has 0 fully saturated rings. The number of halogens is 7. The lowest BCUT2D eigenvalue weighted by molar-refractivity contribution is -0.206. The Hall–Kier alpha value is -0.760. The Bertz CT molecular complexity index is 431. The highest BCUT2D eigenvalue weighted by atomic mass is 79.9. The molecular formula is C10H7BrF6O. The molecule has 8 heteroatoms. The van der Waals surface area contributed by atoms with Crippen LogP contribution in [0.2, 0.25) is 0 Å². The van der Waals surface area contributed by atoms with Crippen LogP contribution in [0.3, 0.4) is 0 Å². The first-order chi connectivity index (χ1) is 8.09. The Morgan fingerprint density at radius 2 is 1.72 bits per heavy atom. The summed E-state index contributed by atoms with van der Waals surface area (Å²) in [6.07, 6.45) is -7.87. The van der Waals surface area contributed by atoms with Gasteiger partial charge in [-0.3, -0.25) is 0 Å². The van der Waals surface area contributed by atoms with E-state index in [0.29, 0.717) is 6.07 Å². The Morgan fingerprint density at radius 1 is 1.17 bits per heavy atom. The van der Waals surface area contributed by atoms with Crippen molar-refractivity contribution in [2.45, 2.75) is 18.2 Å². The van der Waals surface area contributed by atoms with Crippen LogP contribution in [0.15, 0.2) is 22.7 Å². The average molecular weight is 337 g/mol. The zero-order valence-corrected chi connectivity index (χ0v) is 10.2. The molecule has 0 saturated carbocycles. The minimum Gasteiger partial charge on any atom is -0.379 e. The molecule has 18 heavy (non-hydrogen) atoms. The van der Waals surface area contributed by atoms with Crippen molar-refractivity contribution < 1.29 is 31.4 Å². The van der Waals surface area contributed by atoms with Crippen molar-refractivity contribution in [1.82, 2.24) is 0 Å². The molecule has 102 valence electrons. The van der Waals surface area contributed by atoms with E-state index in [-0.39, 0.29) is 4.47 Å². The Labute approximate surface area is 107 Å². The second kappa shape index (κ2) is 5.08.